The van der Waals surface area contributed by atoms with Crippen molar-refractivity contribution < 1.29 is 9.78 Å². The molecule has 0 aliphatic carbocycles. The lowest BCUT2D eigenvalue weighted by atomic mass is 10.3. The smallest absolute Gasteiger partial charge is 0.103 e. The van der Waals surface area contributed by atoms with Crippen molar-refractivity contribution in [3.63, 3.8) is 0 Å². The highest BCUT2D eigenvalue weighted by Gasteiger charge is 1.95. The molecule has 0 aromatic carbocycles. The summed E-state index contributed by atoms with van der Waals surface area (Å²) in [5.74, 6) is 0. The number of rotatable bonds is 0. The van der Waals surface area contributed by atoms with Gasteiger partial charge >= 0.3 is 0 Å². The minimum Gasteiger partial charge on any atom is -0.232 e. The molecule has 0 radical (unpaired) electrons. The van der Waals surface area contributed by atoms with Crippen molar-refractivity contribution >= 4 is 0 Å². The Hall–Kier alpha value is -0.340. The summed E-state index contributed by atoms with van der Waals surface area (Å²) in [5, 5.41) is 0. The van der Waals surface area contributed by atoms with E-state index in [1.165, 1.54) is 5.57 Å². The third kappa shape index (κ3) is 1.29. The monoisotopic (exact) mass is 100 g/mol. The zero-order valence-electron chi connectivity index (χ0n) is 4.31. The van der Waals surface area contributed by atoms with Crippen LogP contribution in [0.25, 0.3) is 0 Å². The fourth-order valence-electron chi connectivity index (χ4n) is 0.418. The predicted octanol–water partition coefficient (Wildman–Crippen LogP) is 0.895. The van der Waals surface area contributed by atoms with Gasteiger partial charge in [-0.25, -0.2) is 9.78 Å². The highest BCUT2D eigenvalue weighted by atomic mass is 17.2. The first-order valence-electron chi connectivity index (χ1n) is 2.29. The van der Waals surface area contributed by atoms with Crippen molar-refractivity contribution in [2.45, 2.75) is 6.92 Å². The van der Waals surface area contributed by atoms with Crippen LogP contribution in [0.3, 0.4) is 0 Å². The summed E-state index contributed by atoms with van der Waals surface area (Å²) in [6, 6.07) is 0. The van der Waals surface area contributed by atoms with Crippen molar-refractivity contribution in [2.24, 2.45) is 0 Å². The summed E-state index contributed by atoms with van der Waals surface area (Å²) < 4.78 is 0. The molecule has 0 atom stereocenters. The van der Waals surface area contributed by atoms with E-state index < -0.39 is 0 Å². The van der Waals surface area contributed by atoms with Crippen LogP contribution in [0.5, 0.6) is 0 Å². The van der Waals surface area contributed by atoms with Crippen LogP contribution in [-0.2, 0) is 9.78 Å². The average molecular weight is 100 g/mol. The van der Waals surface area contributed by atoms with Gasteiger partial charge in [-0.3, -0.25) is 0 Å². The van der Waals surface area contributed by atoms with Crippen molar-refractivity contribution in [1.82, 2.24) is 0 Å². The minimum absolute atomic E-state index is 0.603. The average Bonchev–Trinajstić information content (AvgIpc) is 1.69. The fourth-order valence-corrected chi connectivity index (χ4v) is 0.418. The largest absolute Gasteiger partial charge is 0.232 e. The van der Waals surface area contributed by atoms with E-state index in [9.17, 15) is 0 Å². The zero-order valence-corrected chi connectivity index (χ0v) is 4.31. The SMILES string of the molecule is CC1=CCOOC1. The van der Waals surface area contributed by atoms with Gasteiger partial charge in [-0.2, -0.15) is 0 Å². The molecule has 40 valence electrons. The van der Waals surface area contributed by atoms with Gasteiger partial charge in [0.05, 0.1) is 0 Å². The molecule has 1 rings (SSSR count). The lowest BCUT2D eigenvalue weighted by Crippen LogP contribution is -2.04. The topological polar surface area (TPSA) is 18.5 Å². The molecule has 1 aliphatic rings. The maximum absolute atomic E-state index is 4.61. The van der Waals surface area contributed by atoms with Gasteiger partial charge < -0.3 is 0 Å². The molecular formula is C5H8O2. The van der Waals surface area contributed by atoms with Gasteiger partial charge in [0, 0.05) is 0 Å². The van der Waals surface area contributed by atoms with Gasteiger partial charge in [-0.15, -0.1) is 0 Å². The molecule has 1 heterocycles. The van der Waals surface area contributed by atoms with Gasteiger partial charge in [0.25, 0.3) is 0 Å². The molecule has 0 aromatic heterocycles. The quantitative estimate of drug-likeness (QED) is 0.332. The van der Waals surface area contributed by atoms with Crippen LogP contribution in [0.4, 0.5) is 0 Å². The predicted molar refractivity (Wildman–Crippen MR) is 25.7 cm³/mol. The van der Waals surface area contributed by atoms with Crippen molar-refractivity contribution in [3.05, 3.63) is 11.6 Å². The summed E-state index contributed by atoms with van der Waals surface area (Å²) in [6.45, 7) is 3.24. The third-order valence-electron chi connectivity index (χ3n) is 0.870. The van der Waals surface area contributed by atoms with E-state index in [4.69, 9.17) is 0 Å². The van der Waals surface area contributed by atoms with E-state index in [1.54, 1.807) is 0 Å². The summed E-state index contributed by atoms with van der Waals surface area (Å²) >= 11 is 0. The fraction of sp³-hybridized carbons (Fsp3) is 0.600. The van der Waals surface area contributed by atoms with Gasteiger partial charge in [0.2, 0.25) is 0 Å². The molecule has 7 heavy (non-hydrogen) atoms. The number of hydrogen-bond acceptors (Lipinski definition) is 2. The standard InChI is InChI=1S/C5H8O2/c1-5-2-3-6-7-4-5/h2H,3-4H2,1H3. The third-order valence-corrected chi connectivity index (χ3v) is 0.870. The van der Waals surface area contributed by atoms with Gasteiger partial charge in [0.15, 0.2) is 0 Å². The maximum Gasteiger partial charge on any atom is 0.103 e. The second-order valence-electron chi connectivity index (χ2n) is 1.60. The van der Waals surface area contributed by atoms with Gasteiger partial charge in [-0.05, 0) is 12.5 Å². The summed E-state index contributed by atoms with van der Waals surface area (Å²) in [7, 11) is 0. The van der Waals surface area contributed by atoms with Crippen molar-refractivity contribution in [1.29, 1.82) is 0 Å². The van der Waals surface area contributed by atoms with E-state index in [-0.39, 0.29) is 0 Å². The number of hydrogen-bond donors (Lipinski definition) is 0. The van der Waals surface area contributed by atoms with Crippen molar-refractivity contribution in [2.75, 3.05) is 13.2 Å². The second-order valence-corrected chi connectivity index (χ2v) is 1.60. The molecule has 0 amide bonds. The molecule has 2 nitrogen and oxygen atoms in total. The van der Waals surface area contributed by atoms with E-state index in [1.807, 2.05) is 13.0 Å². The Bertz CT molecular complexity index is 86.1. The Labute approximate surface area is 42.7 Å². The molecule has 0 bridgehead atoms. The lowest BCUT2D eigenvalue weighted by molar-refractivity contribution is -0.285. The molecule has 0 N–H and O–H groups in total. The van der Waals surface area contributed by atoms with Crippen LogP contribution in [0.1, 0.15) is 6.92 Å². The first kappa shape index (κ1) is 4.81. The first-order chi connectivity index (χ1) is 3.39. The lowest BCUT2D eigenvalue weighted by Gasteiger charge is -2.07. The molecule has 1 aliphatic heterocycles. The van der Waals surface area contributed by atoms with Gasteiger partial charge in [-0.1, -0.05) is 6.08 Å². The summed E-state index contributed by atoms with van der Waals surface area (Å²) in [6.07, 6.45) is 2.00. The Balaban J connectivity index is 2.40. The maximum atomic E-state index is 4.61. The van der Waals surface area contributed by atoms with E-state index in [0.717, 1.165) is 0 Å². The van der Waals surface area contributed by atoms with E-state index >= 15 is 0 Å². The molecule has 0 fully saturated rings. The zero-order chi connectivity index (χ0) is 5.11. The molecule has 2 heteroatoms. The Morgan fingerprint density at radius 1 is 1.57 bits per heavy atom. The molecular weight excluding hydrogens is 92.1 g/mol. The Morgan fingerprint density at radius 3 is 2.71 bits per heavy atom. The highest BCUT2D eigenvalue weighted by molar-refractivity contribution is 4.98. The van der Waals surface area contributed by atoms with Gasteiger partial charge in [0.1, 0.15) is 13.2 Å². The van der Waals surface area contributed by atoms with Crippen LogP contribution in [0.2, 0.25) is 0 Å². The normalized spacial score (nSPS) is 21.6. The Kier molecular flexibility index (Phi) is 1.44. The second kappa shape index (κ2) is 2.09. The highest BCUT2D eigenvalue weighted by Crippen LogP contribution is 1.99. The molecule has 0 spiro atoms. The Morgan fingerprint density at radius 2 is 2.43 bits per heavy atom. The van der Waals surface area contributed by atoms with E-state index in [2.05, 4.69) is 9.78 Å². The molecule has 0 aromatic rings. The molecule has 0 unspecified atom stereocenters. The summed E-state index contributed by atoms with van der Waals surface area (Å²) in [5.41, 5.74) is 1.24. The van der Waals surface area contributed by atoms with Crippen LogP contribution < -0.4 is 0 Å². The van der Waals surface area contributed by atoms with E-state index in [0.29, 0.717) is 13.2 Å². The van der Waals surface area contributed by atoms with Crippen LogP contribution in [-0.4, -0.2) is 13.2 Å². The van der Waals surface area contributed by atoms with Crippen molar-refractivity contribution in [3.8, 4) is 0 Å². The van der Waals surface area contributed by atoms with Crippen LogP contribution in [0, 0.1) is 0 Å². The minimum atomic E-state index is 0.603. The molecule has 0 saturated carbocycles. The summed E-state index contributed by atoms with van der Waals surface area (Å²) in [4.78, 5) is 9.18. The molecule has 0 saturated heterocycles. The first-order valence-corrected chi connectivity index (χ1v) is 2.29. The van der Waals surface area contributed by atoms with Crippen LogP contribution in [0.15, 0.2) is 11.6 Å². The van der Waals surface area contributed by atoms with Crippen LogP contribution >= 0.6 is 0 Å².